The van der Waals surface area contributed by atoms with Crippen molar-refractivity contribution in [1.29, 1.82) is 5.26 Å². The molecule has 2 heterocycles. The van der Waals surface area contributed by atoms with E-state index in [4.69, 9.17) is 28.0 Å². The first-order chi connectivity index (χ1) is 30.3. The van der Waals surface area contributed by atoms with Crippen molar-refractivity contribution in [3.63, 3.8) is 0 Å². The second kappa shape index (κ2) is 24.1. The van der Waals surface area contributed by atoms with Gasteiger partial charge in [-0.2, -0.15) is 10.2 Å². The molecule has 0 saturated carbocycles. The zero-order valence-corrected chi connectivity index (χ0v) is 40.3. The molecule has 1 aromatic heterocycles. The summed E-state index contributed by atoms with van der Waals surface area (Å²) in [4.78, 5) is 17.7. The summed E-state index contributed by atoms with van der Waals surface area (Å²) < 4.78 is 43.4. The molecule has 11 nitrogen and oxygen atoms in total. The number of aryl methyl sites for hydroxylation is 1. The summed E-state index contributed by atoms with van der Waals surface area (Å²) in [5.41, 5.74) is 4.44. The largest absolute Gasteiger partial charge is 0.497 e. The van der Waals surface area contributed by atoms with Crippen LogP contribution < -0.4 is 15.0 Å². The highest BCUT2D eigenvalue weighted by Gasteiger charge is 2.45. The third-order valence-electron chi connectivity index (χ3n) is 10.8. The van der Waals surface area contributed by atoms with Crippen LogP contribution in [-0.4, -0.2) is 71.7 Å². The molecule has 1 aliphatic heterocycles. The number of ether oxygens (including phenoxy) is 4. The molecule has 1 aliphatic rings. The van der Waals surface area contributed by atoms with E-state index in [2.05, 4.69) is 88.5 Å². The second-order valence-electron chi connectivity index (χ2n) is 16.5. The Morgan fingerprint density at radius 1 is 0.952 bits per heavy atom. The number of benzene rings is 3. The van der Waals surface area contributed by atoms with Crippen LogP contribution in [-0.2, 0) is 24.1 Å². The predicted molar refractivity (Wildman–Crippen MR) is 253 cm³/mol. The molecule has 4 aromatic rings. The zero-order chi connectivity index (χ0) is 45.5. The number of methoxy groups -OCH3 is 2. The fraction of sp³-hybridized carbons (Fsp3) is 0.460. The molecule has 5 rings (SSSR count). The molecular weight excluding hydrogens is 832 g/mol. The van der Waals surface area contributed by atoms with Gasteiger partial charge in [-0.3, -0.25) is 4.79 Å². The Hall–Kier alpha value is -4.31. The van der Waals surface area contributed by atoms with Crippen LogP contribution in [0.2, 0.25) is 0 Å². The molecule has 4 atom stereocenters. The van der Waals surface area contributed by atoms with Gasteiger partial charge in [-0.25, -0.2) is 4.67 Å². The van der Waals surface area contributed by atoms with Gasteiger partial charge in [0.1, 0.15) is 29.4 Å². The number of thioether (sulfide) groups is 1. The monoisotopic (exact) mass is 896 g/mol. The molecular formula is C50H65N4O7PS. The average molecular weight is 897 g/mol. The highest BCUT2D eigenvalue weighted by atomic mass is 32.2. The van der Waals surface area contributed by atoms with Crippen molar-refractivity contribution >= 4 is 20.3 Å². The van der Waals surface area contributed by atoms with Gasteiger partial charge in [-0.05, 0) is 109 Å². The topological polar surface area (TPSA) is 117 Å². The molecule has 63 heavy (non-hydrogen) atoms. The molecule has 0 radical (unpaired) electrons. The Bertz CT molecular complexity index is 2150. The Morgan fingerprint density at radius 2 is 1.56 bits per heavy atom. The number of rotatable bonds is 23. The number of hydrogen-bond acceptors (Lipinski definition) is 11. The average Bonchev–Trinajstić information content (AvgIpc) is 3.67. The van der Waals surface area contributed by atoms with E-state index in [0.29, 0.717) is 22.9 Å². The van der Waals surface area contributed by atoms with Crippen molar-refractivity contribution in [3.05, 3.63) is 141 Å². The zero-order valence-electron chi connectivity index (χ0n) is 38.6. The summed E-state index contributed by atoms with van der Waals surface area (Å²) in [5.74, 6) is 2.10. The van der Waals surface area contributed by atoms with E-state index in [-0.39, 0.29) is 37.3 Å². The van der Waals surface area contributed by atoms with E-state index < -0.39 is 32.6 Å². The maximum absolute atomic E-state index is 13.1. The van der Waals surface area contributed by atoms with Gasteiger partial charge >= 0.3 is 0 Å². The summed E-state index contributed by atoms with van der Waals surface area (Å²) in [6.45, 7) is 17.0. The van der Waals surface area contributed by atoms with Gasteiger partial charge < -0.3 is 32.6 Å². The number of aromatic nitrogens is 2. The fourth-order valence-corrected chi connectivity index (χ4v) is 10.4. The number of nitrogens with zero attached hydrogens (tertiary/aromatic N) is 4. The minimum atomic E-state index is -1.64. The van der Waals surface area contributed by atoms with E-state index in [9.17, 15) is 10.1 Å². The van der Waals surface area contributed by atoms with E-state index >= 15 is 0 Å². The lowest BCUT2D eigenvalue weighted by molar-refractivity contribution is -0.0935. The first-order valence-electron chi connectivity index (χ1n) is 21.7. The first kappa shape index (κ1) is 49.7. The van der Waals surface area contributed by atoms with Crippen molar-refractivity contribution in [2.45, 2.75) is 122 Å². The molecule has 1 fully saturated rings. The van der Waals surface area contributed by atoms with Crippen LogP contribution in [0.15, 0.2) is 118 Å². The molecule has 0 amide bonds. The van der Waals surface area contributed by atoms with Crippen molar-refractivity contribution in [1.82, 2.24) is 14.2 Å². The maximum atomic E-state index is 13.1. The third kappa shape index (κ3) is 13.1. The smallest absolute Gasteiger partial charge is 0.276 e. The number of nitriles is 1. The Labute approximate surface area is 380 Å². The van der Waals surface area contributed by atoms with Gasteiger partial charge in [0, 0.05) is 36.0 Å². The van der Waals surface area contributed by atoms with Crippen LogP contribution in [0.5, 0.6) is 11.5 Å². The highest BCUT2D eigenvalue weighted by Crippen LogP contribution is 2.51. The predicted octanol–water partition coefficient (Wildman–Crippen LogP) is 11.3. The second-order valence-corrected chi connectivity index (χ2v) is 18.9. The lowest BCUT2D eigenvalue weighted by atomic mass is 9.80. The van der Waals surface area contributed by atoms with Gasteiger partial charge in [0.2, 0.25) is 0 Å². The molecule has 13 heteroatoms. The summed E-state index contributed by atoms with van der Waals surface area (Å²) in [6, 6.07) is 28.4. The van der Waals surface area contributed by atoms with E-state index in [0.717, 1.165) is 41.0 Å². The summed E-state index contributed by atoms with van der Waals surface area (Å²) in [5, 5.41) is 10.0. The summed E-state index contributed by atoms with van der Waals surface area (Å²) in [7, 11) is 1.67. The first-order valence-corrected chi connectivity index (χ1v) is 23.8. The van der Waals surface area contributed by atoms with Gasteiger partial charge in [0.25, 0.3) is 14.1 Å². The minimum Gasteiger partial charge on any atom is -0.497 e. The van der Waals surface area contributed by atoms with Crippen LogP contribution in [0.4, 0.5) is 0 Å². The Balaban J connectivity index is 1.59. The molecule has 1 saturated heterocycles. The van der Waals surface area contributed by atoms with Crippen LogP contribution in [0.1, 0.15) is 103 Å². The molecule has 3 aromatic carbocycles. The quantitative estimate of drug-likeness (QED) is 0.0177. The fourth-order valence-electron chi connectivity index (χ4n) is 7.64. The molecule has 0 bridgehead atoms. The van der Waals surface area contributed by atoms with Crippen molar-refractivity contribution in [2.75, 3.05) is 33.2 Å². The minimum absolute atomic E-state index is 0.0919. The van der Waals surface area contributed by atoms with E-state index in [1.807, 2.05) is 77.5 Å². The van der Waals surface area contributed by atoms with Gasteiger partial charge in [-0.15, -0.1) is 0 Å². The molecule has 1 unspecified atom stereocenters. The normalized spacial score (nSPS) is 17.3. The van der Waals surface area contributed by atoms with Crippen molar-refractivity contribution in [2.24, 2.45) is 0 Å². The summed E-state index contributed by atoms with van der Waals surface area (Å²) in [6.07, 6.45) is 7.25. The lowest BCUT2D eigenvalue weighted by Gasteiger charge is -2.39. The van der Waals surface area contributed by atoms with Crippen molar-refractivity contribution in [3.8, 4) is 17.6 Å². The summed E-state index contributed by atoms with van der Waals surface area (Å²) >= 11 is 1.51. The number of allylic oxidation sites excluding steroid dienone is 3. The lowest BCUT2D eigenvalue weighted by Crippen LogP contribution is -2.39. The van der Waals surface area contributed by atoms with Gasteiger partial charge in [0.15, 0.2) is 5.16 Å². The molecule has 0 aliphatic carbocycles. The van der Waals surface area contributed by atoms with Crippen molar-refractivity contribution < 1.29 is 28.0 Å². The Kier molecular flexibility index (Phi) is 19.0. The van der Waals surface area contributed by atoms with Crippen LogP contribution in [0.3, 0.4) is 0 Å². The molecule has 338 valence electrons. The van der Waals surface area contributed by atoms with Crippen LogP contribution in [0, 0.1) is 18.3 Å². The molecule has 0 spiro atoms. The van der Waals surface area contributed by atoms with Crippen LogP contribution in [0.25, 0.3) is 0 Å². The molecule has 0 N–H and O–H groups in total. The van der Waals surface area contributed by atoms with E-state index in [1.165, 1.54) is 22.9 Å². The van der Waals surface area contributed by atoms with Crippen LogP contribution >= 0.6 is 20.3 Å². The van der Waals surface area contributed by atoms with Gasteiger partial charge in [0.05, 0.1) is 46.0 Å². The third-order valence-corrected chi connectivity index (χ3v) is 13.9. The number of hydrogen-bond donors (Lipinski definition) is 0. The maximum Gasteiger partial charge on any atom is 0.276 e. The van der Waals surface area contributed by atoms with Gasteiger partial charge in [-0.1, -0.05) is 89.7 Å². The standard InChI is InChI=1S/C50H65N4O7PS/c1-35(2)16-14-17-38(7)28-31-63-49-52-48(55)39(8)33-53(49)47-32-45(61-62(59-30-15-29-51)54(36(3)4)37(5)6)46(60-47)34-58-50(40-18-12-11-13-19-40,41-20-24-43(56-9)25-21-41)42-22-26-44(57-10)27-23-42/h11-13,16,18-28,33,36-37,45-47H,14-15,17,30-32,34H2,1-10H3/b38-28+/t45-,46+,47+,62?/m0/s1. The highest BCUT2D eigenvalue weighted by molar-refractivity contribution is 7.99. The van der Waals surface area contributed by atoms with E-state index in [1.54, 1.807) is 21.1 Å². The Morgan fingerprint density at radius 3 is 2.11 bits per heavy atom. The SMILES string of the molecule is COc1ccc(C(OC[C@H]2O[C@@H](n3cc(C)c(=O)nc3SC/C=C(\C)CCC=C(C)C)C[C@@H]2OP(OCCC#N)N(C(C)C)C(C)C)(c2ccccc2)c2ccc(OC)cc2)cc1.